The number of benzene rings is 2. The number of hydrogen-bond acceptors (Lipinski definition) is 5. The number of hydrogen-bond donors (Lipinski definition) is 0. The molecule has 0 N–H and O–H groups in total. The molecule has 0 aliphatic heterocycles. The van der Waals surface area contributed by atoms with Crippen LogP contribution in [0.3, 0.4) is 0 Å². The van der Waals surface area contributed by atoms with Crippen molar-refractivity contribution >= 4 is 27.4 Å². The molecular formula is C22H21NO3S. The van der Waals surface area contributed by atoms with Crippen LogP contribution in [0.1, 0.15) is 35.3 Å². The maximum atomic E-state index is 12.1. The molecule has 27 heavy (non-hydrogen) atoms. The number of ether oxygens (including phenoxy) is 2. The molecule has 1 aromatic heterocycles. The second-order valence-corrected chi connectivity index (χ2v) is 7.43. The van der Waals surface area contributed by atoms with E-state index in [-0.39, 0.29) is 11.9 Å². The molecule has 0 aliphatic rings. The third-order valence-corrected chi connectivity index (χ3v) is 5.59. The predicted molar refractivity (Wildman–Crippen MR) is 107 cm³/mol. The zero-order chi connectivity index (χ0) is 19.2. The van der Waals surface area contributed by atoms with Crippen LogP contribution in [-0.2, 0) is 16.0 Å². The van der Waals surface area contributed by atoms with Gasteiger partial charge < -0.3 is 9.47 Å². The van der Waals surface area contributed by atoms with Crippen molar-refractivity contribution in [3.8, 4) is 11.8 Å². The van der Waals surface area contributed by atoms with Gasteiger partial charge in [-0.1, -0.05) is 12.1 Å². The van der Waals surface area contributed by atoms with Gasteiger partial charge in [-0.05, 0) is 66.6 Å². The van der Waals surface area contributed by atoms with Crippen molar-refractivity contribution in [2.45, 2.75) is 25.7 Å². The van der Waals surface area contributed by atoms with E-state index in [9.17, 15) is 4.79 Å². The van der Waals surface area contributed by atoms with Crippen LogP contribution >= 0.6 is 11.3 Å². The van der Waals surface area contributed by atoms with Crippen molar-refractivity contribution < 1.29 is 14.3 Å². The van der Waals surface area contributed by atoms with Gasteiger partial charge in [0, 0.05) is 9.58 Å². The third-order valence-electron chi connectivity index (χ3n) is 4.45. The zero-order valence-electron chi connectivity index (χ0n) is 15.4. The van der Waals surface area contributed by atoms with Crippen molar-refractivity contribution in [1.82, 2.24) is 0 Å². The van der Waals surface area contributed by atoms with E-state index in [2.05, 4.69) is 12.1 Å². The van der Waals surface area contributed by atoms with Crippen LogP contribution in [0.25, 0.3) is 10.1 Å². The zero-order valence-corrected chi connectivity index (χ0v) is 16.2. The van der Waals surface area contributed by atoms with Crippen molar-refractivity contribution in [3.63, 3.8) is 0 Å². The first-order chi connectivity index (χ1) is 13.1. The minimum Gasteiger partial charge on any atom is -0.497 e. The molecule has 0 amide bonds. The van der Waals surface area contributed by atoms with E-state index in [1.807, 2.05) is 49.4 Å². The predicted octanol–water partition coefficient (Wildman–Crippen LogP) is 5.06. The number of carbonyl (C=O) groups is 1. The molecule has 138 valence electrons. The fourth-order valence-corrected chi connectivity index (χ4v) is 4.24. The average molecular weight is 379 g/mol. The van der Waals surface area contributed by atoms with Crippen molar-refractivity contribution in [3.05, 3.63) is 64.5 Å². The molecule has 1 atom stereocenters. The molecule has 1 heterocycles. The van der Waals surface area contributed by atoms with Crippen molar-refractivity contribution in [1.29, 1.82) is 5.26 Å². The second-order valence-electron chi connectivity index (χ2n) is 6.26. The van der Waals surface area contributed by atoms with E-state index >= 15 is 0 Å². The maximum absolute atomic E-state index is 12.1. The van der Waals surface area contributed by atoms with Gasteiger partial charge in [0.1, 0.15) is 5.75 Å². The molecule has 5 heteroatoms. The van der Waals surface area contributed by atoms with E-state index in [0.717, 1.165) is 27.8 Å². The van der Waals surface area contributed by atoms with Gasteiger partial charge in [0.25, 0.3) is 0 Å². The Kier molecular flexibility index (Phi) is 6.10. The number of esters is 1. The van der Waals surface area contributed by atoms with Gasteiger partial charge in [0.15, 0.2) is 0 Å². The molecule has 3 rings (SSSR count). The summed E-state index contributed by atoms with van der Waals surface area (Å²) in [5, 5.41) is 10.2. The van der Waals surface area contributed by atoms with Gasteiger partial charge in [0.2, 0.25) is 0 Å². The summed E-state index contributed by atoms with van der Waals surface area (Å²) in [7, 11) is 1.64. The topological polar surface area (TPSA) is 59.3 Å². The van der Waals surface area contributed by atoms with Gasteiger partial charge in [-0.2, -0.15) is 5.26 Å². The summed E-state index contributed by atoms with van der Waals surface area (Å²) in [5.41, 5.74) is 1.74. The van der Waals surface area contributed by atoms with Gasteiger partial charge >= 0.3 is 5.97 Å². The molecule has 0 aliphatic carbocycles. The fourth-order valence-electron chi connectivity index (χ4n) is 3.12. The highest BCUT2D eigenvalue weighted by atomic mass is 32.1. The molecule has 1 unspecified atom stereocenters. The largest absolute Gasteiger partial charge is 0.497 e. The van der Waals surface area contributed by atoms with Crippen LogP contribution in [0.15, 0.2) is 48.5 Å². The van der Waals surface area contributed by atoms with Crippen LogP contribution in [0, 0.1) is 11.3 Å². The Hall–Kier alpha value is -2.84. The molecule has 2 aromatic carbocycles. The van der Waals surface area contributed by atoms with Crippen LogP contribution in [-0.4, -0.2) is 19.7 Å². The number of thiophene rings is 1. The van der Waals surface area contributed by atoms with E-state index in [1.54, 1.807) is 18.4 Å². The lowest BCUT2D eigenvalue weighted by atomic mass is 9.91. The van der Waals surface area contributed by atoms with Gasteiger partial charge in [-0.25, -0.2) is 0 Å². The Morgan fingerprint density at radius 1 is 1.19 bits per heavy atom. The summed E-state index contributed by atoms with van der Waals surface area (Å²) in [6.07, 6.45) is 1.07. The lowest BCUT2D eigenvalue weighted by molar-refractivity contribution is -0.143. The van der Waals surface area contributed by atoms with Gasteiger partial charge in [-0.3, -0.25) is 4.79 Å². The van der Waals surface area contributed by atoms with Crippen LogP contribution < -0.4 is 4.74 Å². The van der Waals surface area contributed by atoms with Gasteiger partial charge in [-0.15, -0.1) is 11.3 Å². The number of nitrogens with zero attached hydrogens (tertiary/aromatic N) is 1. The lowest BCUT2D eigenvalue weighted by Crippen LogP contribution is -2.12. The summed E-state index contributed by atoms with van der Waals surface area (Å²) in [4.78, 5) is 13.3. The molecule has 0 spiro atoms. The summed E-state index contributed by atoms with van der Waals surface area (Å²) < 4.78 is 11.5. The van der Waals surface area contributed by atoms with Crippen LogP contribution in [0.2, 0.25) is 0 Å². The Labute approximate surface area is 163 Å². The monoisotopic (exact) mass is 379 g/mol. The average Bonchev–Trinajstić information content (AvgIpc) is 3.09. The lowest BCUT2D eigenvalue weighted by Gasteiger charge is -2.16. The van der Waals surface area contributed by atoms with Gasteiger partial charge in [0.05, 0.1) is 31.8 Å². The number of carbonyl (C=O) groups excluding carboxylic acids is 1. The molecule has 0 saturated heterocycles. The van der Waals surface area contributed by atoms with E-state index in [1.165, 1.54) is 4.88 Å². The fraction of sp³-hybridized carbons (Fsp3) is 0.273. The summed E-state index contributed by atoms with van der Waals surface area (Å²) in [6, 6.07) is 17.9. The highest BCUT2D eigenvalue weighted by Gasteiger charge is 2.19. The normalized spacial score (nSPS) is 11.7. The Balaban J connectivity index is 1.87. The SMILES string of the molecule is CCOC(=O)CC(Cc1cc2cc(C#N)ccc2s1)c1ccc(OC)cc1. The van der Waals surface area contributed by atoms with Crippen molar-refractivity contribution in [2.75, 3.05) is 13.7 Å². The molecular weight excluding hydrogens is 358 g/mol. The van der Waals surface area contributed by atoms with Crippen LogP contribution in [0.4, 0.5) is 0 Å². The third kappa shape index (κ3) is 4.66. The second kappa shape index (κ2) is 8.70. The standard InChI is InChI=1S/C22H21NO3S/c1-3-26-22(24)13-17(16-5-7-19(25-2)8-6-16)11-20-12-18-10-15(14-23)4-9-21(18)27-20/h4-10,12,17H,3,11,13H2,1-2H3. The Bertz CT molecular complexity index is 969. The highest BCUT2D eigenvalue weighted by Crippen LogP contribution is 2.33. The number of fused-ring (bicyclic) bond motifs is 1. The quantitative estimate of drug-likeness (QED) is 0.538. The molecule has 3 aromatic rings. The number of rotatable bonds is 7. The van der Waals surface area contributed by atoms with Crippen molar-refractivity contribution in [2.24, 2.45) is 0 Å². The summed E-state index contributed by atoms with van der Waals surface area (Å²) in [5.74, 6) is 0.629. The molecule has 0 fully saturated rings. The number of nitriles is 1. The Morgan fingerprint density at radius 3 is 2.63 bits per heavy atom. The Morgan fingerprint density at radius 2 is 1.96 bits per heavy atom. The summed E-state index contributed by atoms with van der Waals surface area (Å²) >= 11 is 1.70. The molecule has 4 nitrogen and oxygen atoms in total. The first-order valence-corrected chi connectivity index (χ1v) is 9.66. The maximum Gasteiger partial charge on any atom is 0.306 e. The first kappa shape index (κ1) is 18.9. The van der Waals surface area contributed by atoms with Crippen LogP contribution in [0.5, 0.6) is 5.75 Å². The minimum absolute atomic E-state index is 0.0263. The molecule has 0 radical (unpaired) electrons. The molecule has 0 saturated carbocycles. The van der Waals surface area contributed by atoms with E-state index in [4.69, 9.17) is 14.7 Å². The smallest absolute Gasteiger partial charge is 0.306 e. The van der Waals surface area contributed by atoms with E-state index < -0.39 is 0 Å². The number of methoxy groups -OCH3 is 1. The first-order valence-electron chi connectivity index (χ1n) is 8.85. The van der Waals surface area contributed by atoms with E-state index in [0.29, 0.717) is 18.6 Å². The summed E-state index contributed by atoms with van der Waals surface area (Å²) in [6.45, 7) is 2.20. The molecule has 0 bridgehead atoms. The minimum atomic E-state index is -0.189. The highest BCUT2D eigenvalue weighted by molar-refractivity contribution is 7.19.